The fourth-order valence-electron chi connectivity index (χ4n) is 5.06. The molecule has 2 rings (SSSR count). The predicted molar refractivity (Wildman–Crippen MR) is 187 cm³/mol. The molecule has 0 saturated heterocycles. The zero-order valence-corrected chi connectivity index (χ0v) is 30.1. The van der Waals surface area contributed by atoms with Crippen LogP contribution in [0.1, 0.15) is 124 Å². The number of fused-ring (bicyclic) bond motifs is 1. The molecule has 0 fully saturated rings. The van der Waals surface area contributed by atoms with Crippen LogP contribution in [0.5, 0.6) is 11.5 Å². The Morgan fingerprint density at radius 1 is 0.814 bits per heavy atom. The van der Waals surface area contributed by atoms with E-state index in [0.29, 0.717) is 25.0 Å². The summed E-state index contributed by atoms with van der Waals surface area (Å²) in [5.41, 5.74) is 1.40. The first-order valence-corrected chi connectivity index (χ1v) is 17.5. The van der Waals surface area contributed by atoms with Crippen molar-refractivity contribution >= 4 is 6.29 Å². The quantitative estimate of drug-likeness (QED) is 0.103. The van der Waals surface area contributed by atoms with E-state index in [1.54, 1.807) is 0 Å². The van der Waals surface area contributed by atoms with Gasteiger partial charge in [-0.05, 0) is 141 Å². The van der Waals surface area contributed by atoms with Crippen molar-refractivity contribution in [3.63, 3.8) is 0 Å². The molecule has 6 nitrogen and oxygen atoms in total. The molecule has 1 heterocycles. The second-order valence-corrected chi connectivity index (χ2v) is 13.1. The maximum Gasteiger partial charge on any atom is 0.231 e. The fraction of sp³-hybridized carbons (Fsp3) is 0.811. The lowest BCUT2D eigenvalue weighted by atomic mass is 9.86. The van der Waals surface area contributed by atoms with Crippen molar-refractivity contribution in [3.8, 4) is 11.5 Å². The highest BCUT2D eigenvalue weighted by Crippen LogP contribution is 2.37. The van der Waals surface area contributed by atoms with E-state index in [1.165, 1.54) is 103 Å². The van der Waals surface area contributed by atoms with Crippen molar-refractivity contribution in [3.05, 3.63) is 23.8 Å². The molecular weight excluding hydrogens is 534 g/mol. The van der Waals surface area contributed by atoms with Gasteiger partial charge in [0, 0.05) is 6.42 Å². The number of unbranched alkanes of at least 4 members (excludes halogenated alkanes) is 3. The Labute approximate surface area is 267 Å². The van der Waals surface area contributed by atoms with E-state index in [9.17, 15) is 4.79 Å². The summed E-state index contributed by atoms with van der Waals surface area (Å²) >= 11 is 0. The van der Waals surface area contributed by atoms with Crippen molar-refractivity contribution in [2.75, 3.05) is 67.2 Å². The Hall–Kier alpha value is -1.63. The summed E-state index contributed by atoms with van der Waals surface area (Å²) in [7, 11) is 6.51. The Morgan fingerprint density at radius 2 is 1.44 bits per heavy atom. The molecule has 1 aromatic rings. The van der Waals surface area contributed by atoms with E-state index < -0.39 is 0 Å². The summed E-state index contributed by atoms with van der Waals surface area (Å²) in [6, 6.07) is 6.46. The molecule has 2 unspecified atom stereocenters. The molecule has 1 aliphatic heterocycles. The number of aldehydes is 1. The zero-order valence-electron chi connectivity index (χ0n) is 30.1. The van der Waals surface area contributed by atoms with Gasteiger partial charge in [0.05, 0.1) is 0 Å². The van der Waals surface area contributed by atoms with Crippen LogP contribution in [0.3, 0.4) is 0 Å². The van der Waals surface area contributed by atoms with Crippen molar-refractivity contribution in [2.24, 2.45) is 11.8 Å². The monoisotopic (exact) mass is 606 g/mol. The van der Waals surface area contributed by atoms with Gasteiger partial charge in [-0.15, -0.1) is 0 Å². The lowest BCUT2D eigenvalue weighted by Crippen LogP contribution is -2.27. The van der Waals surface area contributed by atoms with Crippen LogP contribution in [0.4, 0.5) is 0 Å². The van der Waals surface area contributed by atoms with E-state index >= 15 is 0 Å². The minimum atomic E-state index is 0.358. The number of nitrogens with zero attached hydrogens (tertiary/aromatic N) is 3. The van der Waals surface area contributed by atoms with Gasteiger partial charge in [0.2, 0.25) is 6.79 Å². The van der Waals surface area contributed by atoms with E-state index in [-0.39, 0.29) is 0 Å². The van der Waals surface area contributed by atoms with Crippen LogP contribution in [-0.2, 0) is 4.79 Å². The first-order chi connectivity index (χ1) is 20.6. The van der Waals surface area contributed by atoms with Crippen LogP contribution >= 0.6 is 0 Å². The van der Waals surface area contributed by atoms with Crippen LogP contribution in [0.15, 0.2) is 18.2 Å². The van der Waals surface area contributed by atoms with E-state index in [2.05, 4.69) is 88.7 Å². The Kier molecular flexibility index (Phi) is 25.7. The van der Waals surface area contributed by atoms with Crippen LogP contribution in [0.25, 0.3) is 0 Å². The number of rotatable bonds is 21. The summed E-state index contributed by atoms with van der Waals surface area (Å²) in [5, 5.41) is 0. The molecule has 6 heteroatoms. The molecule has 0 radical (unpaired) electrons. The predicted octanol–water partition coefficient (Wildman–Crippen LogP) is 8.74. The molecule has 0 N–H and O–H groups in total. The Morgan fingerprint density at radius 3 is 2.00 bits per heavy atom. The molecule has 0 saturated carbocycles. The smallest absolute Gasteiger partial charge is 0.231 e. The van der Waals surface area contributed by atoms with Crippen LogP contribution in [0, 0.1) is 11.8 Å². The molecule has 2 atom stereocenters. The van der Waals surface area contributed by atoms with Gasteiger partial charge in [-0.25, -0.2) is 0 Å². The summed E-state index contributed by atoms with van der Waals surface area (Å²) < 4.78 is 11.0. The summed E-state index contributed by atoms with van der Waals surface area (Å²) in [4.78, 5) is 16.9. The van der Waals surface area contributed by atoms with Gasteiger partial charge in [-0.1, -0.05) is 67.4 Å². The summed E-state index contributed by atoms with van der Waals surface area (Å²) in [6.07, 6.45) is 13.3. The zero-order chi connectivity index (χ0) is 32.5. The fourth-order valence-corrected chi connectivity index (χ4v) is 5.06. The van der Waals surface area contributed by atoms with Gasteiger partial charge in [-0.2, -0.15) is 0 Å². The topological polar surface area (TPSA) is 45.3 Å². The molecule has 0 spiro atoms. The summed E-state index contributed by atoms with van der Waals surface area (Å²) in [5.74, 6) is 3.69. The molecule has 0 bridgehead atoms. The van der Waals surface area contributed by atoms with Gasteiger partial charge < -0.3 is 29.0 Å². The third kappa shape index (κ3) is 21.7. The maximum atomic E-state index is 9.62. The van der Waals surface area contributed by atoms with Crippen LogP contribution < -0.4 is 9.47 Å². The van der Waals surface area contributed by atoms with E-state index in [4.69, 9.17) is 9.47 Å². The van der Waals surface area contributed by atoms with Crippen molar-refractivity contribution in [1.29, 1.82) is 0 Å². The van der Waals surface area contributed by atoms with Gasteiger partial charge in [-0.3, -0.25) is 0 Å². The van der Waals surface area contributed by atoms with Crippen molar-refractivity contribution < 1.29 is 14.3 Å². The number of ether oxygens (including phenoxy) is 2. The Balaban J connectivity index is 0.000000777. The molecule has 252 valence electrons. The highest BCUT2D eigenvalue weighted by molar-refractivity contribution is 5.49. The van der Waals surface area contributed by atoms with E-state index in [1.807, 2.05) is 13.8 Å². The van der Waals surface area contributed by atoms with Crippen LogP contribution in [0.2, 0.25) is 0 Å². The molecular formula is C37H71N3O3. The number of carbonyl (C=O) groups is 1. The second kappa shape index (κ2) is 26.7. The molecule has 0 amide bonds. The molecule has 0 aromatic heterocycles. The van der Waals surface area contributed by atoms with Gasteiger partial charge >= 0.3 is 0 Å². The normalized spacial score (nSPS) is 13.5. The van der Waals surface area contributed by atoms with E-state index in [0.717, 1.165) is 23.7 Å². The number of hydrogen-bond donors (Lipinski definition) is 0. The lowest BCUT2D eigenvalue weighted by Gasteiger charge is -2.24. The minimum Gasteiger partial charge on any atom is -0.454 e. The van der Waals surface area contributed by atoms with Gasteiger partial charge in [0.1, 0.15) is 6.29 Å². The number of hydrogen-bond acceptors (Lipinski definition) is 6. The second-order valence-electron chi connectivity index (χ2n) is 13.1. The van der Waals surface area contributed by atoms with Crippen molar-refractivity contribution in [1.82, 2.24) is 14.7 Å². The molecule has 0 aliphatic carbocycles. The lowest BCUT2D eigenvalue weighted by molar-refractivity contribution is -0.108. The summed E-state index contributed by atoms with van der Waals surface area (Å²) in [6.45, 7) is 23.3. The highest BCUT2D eigenvalue weighted by atomic mass is 16.7. The first-order valence-electron chi connectivity index (χ1n) is 17.5. The third-order valence-corrected chi connectivity index (χ3v) is 8.12. The Bertz CT molecular complexity index is 786. The molecule has 43 heavy (non-hydrogen) atoms. The van der Waals surface area contributed by atoms with Crippen molar-refractivity contribution in [2.45, 2.75) is 119 Å². The van der Waals surface area contributed by atoms with Gasteiger partial charge in [0.25, 0.3) is 0 Å². The minimum absolute atomic E-state index is 0.358. The average molecular weight is 606 g/mol. The average Bonchev–Trinajstić information content (AvgIpc) is 3.46. The van der Waals surface area contributed by atoms with Gasteiger partial charge in [0.15, 0.2) is 11.5 Å². The molecule has 1 aliphatic rings. The SMILES string of the molecule is CC(C)CC=O.CCCCN(C)CCCCN(C)C.CCCCN(CC)CCC(C)CC(CC)c1ccc2c(c1)OCO2. The first kappa shape index (κ1) is 41.4. The standard InChI is InChI=1S/C21H35NO2.C11H26N2.C5H10O/c1-5-8-12-22(7-3)13-11-17(4)14-18(6-2)19-9-10-20-21(15-19)24-16-23-20;1-5-6-10-13(4)11-8-7-9-12(2)3;1-5(2)3-4-6/h9-10,15,17-18H,5-8,11-14,16H2,1-4H3;5-11H2,1-4H3;4-5H,3H2,1-2H3. The third-order valence-electron chi connectivity index (χ3n) is 8.12. The molecule has 1 aromatic carbocycles. The number of carbonyl (C=O) groups excluding carboxylic acids is 1. The maximum absolute atomic E-state index is 9.62. The largest absolute Gasteiger partial charge is 0.454 e. The number of benzene rings is 1. The highest BCUT2D eigenvalue weighted by Gasteiger charge is 2.19. The van der Waals surface area contributed by atoms with Crippen LogP contribution in [-0.4, -0.2) is 88.2 Å².